The maximum Gasteiger partial charge on any atom is 0.416 e. The fourth-order valence-electron chi connectivity index (χ4n) is 2.43. The van der Waals surface area contributed by atoms with Crippen LogP contribution in [0.4, 0.5) is 18.9 Å². The topological polar surface area (TPSA) is 105 Å². The lowest BCUT2D eigenvalue weighted by Gasteiger charge is -2.23. The number of methoxy groups -OCH3 is 1. The molecule has 13 heteroatoms. The molecule has 0 saturated carbocycles. The summed E-state index contributed by atoms with van der Waals surface area (Å²) in [5.41, 5.74) is 1.26. The number of benzene rings is 2. The Bertz CT molecular complexity index is 1140. The molecule has 172 valence electrons. The number of alkyl halides is 3. The van der Waals surface area contributed by atoms with Crippen LogP contribution < -0.4 is 9.73 Å². The predicted octanol–water partition coefficient (Wildman–Crippen LogP) is 3.06. The standard InChI is InChI=1S/C19H17ClF3N3O5S/c1-31-18(28)13-5-3-12(4-6-13)10-24-25-17(27)11-26(32(2,29)30)16-9-14(19(21,22)23)7-8-15(16)20/h3-10H,11H2,1-2H3,(H,25,27)/b24-10-. The number of sulfonamides is 1. The van der Waals surface area contributed by atoms with Gasteiger partial charge in [0.25, 0.3) is 5.91 Å². The molecule has 0 unspecified atom stereocenters. The van der Waals surface area contributed by atoms with Gasteiger partial charge in [0.2, 0.25) is 10.0 Å². The lowest BCUT2D eigenvalue weighted by atomic mass is 10.1. The van der Waals surface area contributed by atoms with Gasteiger partial charge in [-0.15, -0.1) is 0 Å². The Kier molecular flexibility index (Phi) is 7.86. The van der Waals surface area contributed by atoms with Crippen LogP contribution in [-0.4, -0.2) is 46.4 Å². The highest BCUT2D eigenvalue weighted by molar-refractivity contribution is 7.92. The van der Waals surface area contributed by atoms with Crippen LogP contribution in [0.5, 0.6) is 0 Å². The molecule has 0 saturated heterocycles. The normalized spacial score (nSPS) is 11.9. The minimum absolute atomic E-state index is 0.287. The Morgan fingerprint density at radius 3 is 2.34 bits per heavy atom. The van der Waals surface area contributed by atoms with Crippen molar-refractivity contribution < 1.29 is 35.9 Å². The Labute approximate surface area is 186 Å². The molecule has 1 N–H and O–H groups in total. The Morgan fingerprint density at radius 1 is 1.19 bits per heavy atom. The number of amides is 1. The molecule has 0 heterocycles. The molecular formula is C19H17ClF3N3O5S. The number of nitrogens with zero attached hydrogens (tertiary/aromatic N) is 2. The van der Waals surface area contributed by atoms with Gasteiger partial charge in [0.1, 0.15) is 6.54 Å². The van der Waals surface area contributed by atoms with Crippen molar-refractivity contribution in [2.24, 2.45) is 5.10 Å². The van der Waals surface area contributed by atoms with E-state index in [1.165, 1.54) is 37.6 Å². The first-order valence-electron chi connectivity index (χ1n) is 8.67. The number of rotatable bonds is 7. The number of esters is 1. The number of carbonyl (C=O) groups is 2. The smallest absolute Gasteiger partial charge is 0.416 e. The second kappa shape index (κ2) is 10.0. The van der Waals surface area contributed by atoms with Gasteiger partial charge in [-0.3, -0.25) is 9.10 Å². The average molecular weight is 492 g/mol. The zero-order valence-electron chi connectivity index (χ0n) is 16.7. The van der Waals surface area contributed by atoms with E-state index in [2.05, 4.69) is 15.3 Å². The highest BCUT2D eigenvalue weighted by Gasteiger charge is 2.33. The van der Waals surface area contributed by atoms with Crippen LogP contribution in [0.3, 0.4) is 0 Å². The van der Waals surface area contributed by atoms with E-state index >= 15 is 0 Å². The maximum atomic E-state index is 13.0. The molecule has 0 aliphatic carbocycles. The second-order valence-electron chi connectivity index (χ2n) is 6.34. The number of anilines is 1. The first-order valence-corrected chi connectivity index (χ1v) is 10.9. The van der Waals surface area contributed by atoms with Crippen molar-refractivity contribution in [1.82, 2.24) is 5.43 Å². The molecule has 1 amide bonds. The quantitative estimate of drug-likeness (QED) is 0.364. The van der Waals surface area contributed by atoms with Crippen molar-refractivity contribution >= 4 is 45.4 Å². The van der Waals surface area contributed by atoms with Crippen molar-refractivity contribution in [3.8, 4) is 0 Å². The van der Waals surface area contributed by atoms with E-state index in [0.717, 1.165) is 12.3 Å². The van der Waals surface area contributed by atoms with Crippen LogP contribution in [0.25, 0.3) is 0 Å². The van der Waals surface area contributed by atoms with E-state index in [9.17, 15) is 31.2 Å². The van der Waals surface area contributed by atoms with E-state index in [0.29, 0.717) is 27.6 Å². The van der Waals surface area contributed by atoms with Crippen LogP contribution >= 0.6 is 11.6 Å². The third kappa shape index (κ3) is 6.69. The minimum atomic E-state index is -4.74. The van der Waals surface area contributed by atoms with E-state index in [1.54, 1.807) is 0 Å². The molecule has 0 aliphatic rings. The number of hydrogen-bond acceptors (Lipinski definition) is 6. The van der Waals surface area contributed by atoms with Gasteiger partial charge in [0.05, 0.1) is 41.4 Å². The summed E-state index contributed by atoms with van der Waals surface area (Å²) in [6.07, 6.45) is -2.79. The molecule has 2 aromatic carbocycles. The fourth-order valence-corrected chi connectivity index (χ4v) is 3.56. The lowest BCUT2D eigenvalue weighted by molar-refractivity contribution is -0.137. The zero-order chi connectivity index (χ0) is 24.1. The van der Waals surface area contributed by atoms with Crippen LogP contribution in [0.15, 0.2) is 47.6 Å². The molecule has 2 rings (SSSR count). The minimum Gasteiger partial charge on any atom is -0.465 e. The molecule has 0 atom stereocenters. The van der Waals surface area contributed by atoms with Gasteiger partial charge in [-0.05, 0) is 35.9 Å². The van der Waals surface area contributed by atoms with Crippen LogP contribution in [-0.2, 0) is 25.7 Å². The third-order valence-electron chi connectivity index (χ3n) is 3.96. The largest absolute Gasteiger partial charge is 0.465 e. The van der Waals surface area contributed by atoms with E-state index in [-0.39, 0.29) is 5.02 Å². The predicted molar refractivity (Wildman–Crippen MR) is 112 cm³/mol. The average Bonchev–Trinajstić information content (AvgIpc) is 2.71. The Morgan fingerprint density at radius 2 is 1.81 bits per heavy atom. The molecule has 32 heavy (non-hydrogen) atoms. The monoisotopic (exact) mass is 491 g/mol. The molecule has 2 aromatic rings. The van der Waals surface area contributed by atoms with Crippen LogP contribution in [0.1, 0.15) is 21.5 Å². The first kappa shape index (κ1) is 25.1. The summed E-state index contributed by atoms with van der Waals surface area (Å²) in [5, 5.41) is 3.38. The van der Waals surface area contributed by atoms with Gasteiger partial charge in [-0.25, -0.2) is 18.6 Å². The summed E-state index contributed by atoms with van der Waals surface area (Å²) < 4.78 is 68.3. The highest BCUT2D eigenvalue weighted by Crippen LogP contribution is 2.36. The van der Waals surface area contributed by atoms with Gasteiger partial charge in [0, 0.05) is 0 Å². The fraction of sp³-hybridized carbons (Fsp3) is 0.211. The van der Waals surface area contributed by atoms with Crippen molar-refractivity contribution in [1.29, 1.82) is 0 Å². The van der Waals surface area contributed by atoms with Crippen LogP contribution in [0.2, 0.25) is 5.02 Å². The number of carbonyl (C=O) groups excluding carboxylic acids is 2. The summed E-state index contributed by atoms with van der Waals surface area (Å²) >= 11 is 5.89. The summed E-state index contributed by atoms with van der Waals surface area (Å²) in [5.74, 6) is -1.46. The summed E-state index contributed by atoms with van der Waals surface area (Å²) in [6, 6.07) is 8.11. The van der Waals surface area contributed by atoms with Crippen molar-refractivity contribution in [3.63, 3.8) is 0 Å². The molecule has 0 fully saturated rings. The molecule has 0 aliphatic heterocycles. The molecule has 0 bridgehead atoms. The number of halogens is 4. The summed E-state index contributed by atoms with van der Waals surface area (Å²) in [4.78, 5) is 23.6. The van der Waals surface area contributed by atoms with E-state index in [1.807, 2.05) is 0 Å². The number of hydrazone groups is 1. The number of nitrogens with one attached hydrogen (secondary N) is 1. The molecule has 0 aromatic heterocycles. The van der Waals surface area contributed by atoms with Gasteiger partial charge in [-0.2, -0.15) is 18.3 Å². The maximum absolute atomic E-state index is 13.0. The summed E-state index contributed by atoms with van der Waals surface area (Å²) in [7, 11) is -2.93. The highest BCUT2D eigenvalue weighted by atomic mass is 35.5. The van der Waals surface area contributed by atoms with Crippen LogP contribution in [0, 0.1) is 0 Å². The SMILES string of the molecule is COC(=O)c1ccc(/C=N\NC(=O)CN(c2cc(C(F)(F)F)ccc2Cl)S(C)(=O)=O)cc1. The van der Waals surface area contributed by atoms with E-state index in [4.69, 9.17) is 11.6 Å². The zero-order valence-corrected chi connectivity index (χ0v) is 18.3. The first-order chi connectivity index (χ1) is 14.8. The molecule has 0 radical (unpaired) electrons. The Hall–Kier alpha value is -3.12. The summed E-state index contributed by atoms with van der Waals surface area (Å²) in [6.45, 7) is -0.863. The molecule has 8 nitrogen and oxygen atoms in total. The van der Waals surface area contributed by atoms with Gasteiger partial charge < -0.3 is 4.74 Å². The van der Waals surface area contributed by atoms with E-state index < -0.39 is 45.9 Å². The number of hydrogen-bond donors (Lipinski definition) is 1. The molecule has 0 spiro atoms. The van der Waals surface area contributed by atoms with Gasteiger partial charge in [0.15, 0.2) is 0 Å². The second-order valence-corrected chi connectivity index (χ2v) is 8.65. The van der Waals surface area contributed by atoms with Crippen molar-refractivity contribution in [2.45, 2.75) is 6.18 Å². The third-order valence-corrected chi connectivity index (χ3v) is 5.41. The van der Waals surface area contributed by atoms with Crippen molar-refractivity contribution in [2.75, 3.05) is 24.2 Å². The van der Waals surface area contributed by atoms with Crippen molar-refractivity contribution in [3.05, 3.63) is 64.2 Å². The van der Waals surface area contributed by atoms with Gasteiger partial charge >= 0.3 is 12.1 Å². The van der Waals surface area contributed by atoms with Gasteiger partial charge in [-0.1, -0.05) is 23.7 Å². The Balaban J connectivity index is 2.16. The lowest BCUT2D eigenvalue weighted by Crippen LogP contribution is -2.39. The number of ether oxygens (including phenoxy) is 1. The molecular weight excluding hydrogens is 475 g/mol.